The molecule has 0 aliphatic carbocycles. The molecule has 0 radical (unpaired) electrons. The van der Waals surface area contributed by atoms with Gasteiger partial charge in [-0.1, -0.05) is 35.3 Å². The van der Waals surface area contributed by atoms with E-state index < -0.39 is 22.7 Å². The van der Waals surface area contributed by atoms with Gasteiger partial charge in [0.25, 0.3) is 0 Å². The van der Waals surface area contributed by atoms with Crippen LogP contribution in [0.2, 0.25) is 10.2 Å². The van der Waals surface area contributed by atoms with Crippen molar-refractivity contribution >= 4 is 29.2 Å². The van der Waals surface area contributed by atoms with Crippen molar-refractivity contribution in [2.24, 2.45) is 5.41 Å². The zero-order chi connectivity index (χ0) is 23.7. The predicted molar refractivity (Wildman–Crippen MR) is 122 cm³/mol. The molecule has 0 saturated carbocycles. The quantitative estimate of drug-likeness (QED) is 0.373. The number of hydrogen-bond donors (Lipinski definition) is 0. The number of ether oxygens (including phenoxy) is 1. The smallest absolute Gasteiger partial charge is 0.313 e. The molecule has 1 aromatic heterocycles. The fourth-order valence-corrected chi connectivity index (χ4v) is 4.56. The molecule has 1 aromatic carbocycles. The summed E-state index contributed by atoms with van der Waals surface area (Å²) < 4.78 is 34.7. The lowest BCUT2D eigenvalue weighted by Gasteiger charge is -2.45. The van der Waals surface area contributed by atoms with Crippen LogP contribution in [0.1, 0.15) is 51.8 Å². The van der Waals surface area contributed by atoms with Gasteiger partial charge in [0, 0.05) is 24.6 Å². The van der Waals surface area contributed by atoms with E-state index in [0.717, 1.165) is 0 Å². The van der Waals surface area contributed by atoms with E-state index in [-0.39, 0.29) is 34.3 Å². The topological polar surface area (TPSA) is 42.4 Å². The Morgan fingerprint density at radius 1 is 1.25 bits per heavy atom. The molecule has 0 bridgehead atoms. The number of aromatic nitrogens is 1. The first-order valence-corrected chi connectivity index (χ1v) is 11.4. The average Bonchev–Trinajstić information content (AvgIpc) is 2.69. The van der Waals surface area contributed by atoms with Crippen LogP contribution in [0.4, 0.5) is 8.78 Å². The molecular formula is C24H28Cl2F2N2O2. The standard InChI is InChI=1S/C24H28Cl2F2N2O2/c1-15-12-24(22(31)32-23(2,3)4,13-19-18(27)8-9-20(26)29-19)10-11-30(15)14-16-6-5-7-17(25)21(16)28/h5-9,15H,10-14H2,1-4H3/t15-,24?/m1/s1. The first-order chi connectivity index (χ1) is 14.9. The van der Waals surface area contributed by atoms with E-state index in [1.807, 2.05) is 6.92 Å². The molecular weight excluding hydrogens is 457 g/mol. The number of hydrogen-bond acceptors (Lipinski definition) is 4. The number of halogens is 4. The summed E-state index contributed by atoms with van der Waals surface area (Å²) in [5.41, 5.74) is -1.01. The van der Waals surface area contributed by atoms with Gasteiger partial charge in [0.05, 0.1) is 16.1 Å². The molecule has 32 heavy (non-hydrogen) atoms. The number of carbonyl (C=O) groups is 1. The van der Waals surface area contributed by atoms with Crippen LogP contribution in [-0.2, 0) is 22.5 Å². The Morgan fingerprint density at radius 3 is 2.62 bits per heavy atom. The van der Waals surface area contributed by atoms with Crippen molar-refractivity contribution in [1.82, 2.24) is 9.88 Å². The number of nitrogens with zero attached hydrogens (tertiary/aromatic N) is 2. The summed E-state index contributed by atoms with van der Waals surface area (Å²) in [7, 11) is 0. The van der Waals surface area contributed by atoms with Crippen molar-refractivity contribution in [2.45, 2.75) is 65.1 Å². The van der Waals surface area contributed by atoms with Crippen molar-refractivity contribution in [1.29, 1.82) is 0 Å². The van der Waals surface area contributed by atoms with E-state index in [0.29, 0.717) is 31.5 Å². The second-order valence-electron chi connectivity index (χ2n) is 9.51. The van der Waals surface area contributed by atoms with E-state index in [1.54, 1.807) is 32.9 Å². The van der Waals surface area contributed by atoms with Gasteiger partial charge < -0.3 is 4.74 Å². The third kappa shape index (κ3) is 5.77. The molecule has 1 fully saturated rings. The average molecular weight is 485 g/mol. The number of rotatable bonds is 5. The van der Waals surface area contributed by atoms with Crippen LogP contribution in [0.3, 0.4) is 0 Å². The van der Waals surface area contributed by atoms with E-state index in [9.17, 15) is 13.6 Å². The summed E-state index contributed by atoms with van der Waals surface area (Å²) in [5.74, 6) is -1.32. The molecule has 1 unspecified atom stereocenters. The van der Waals surface area contributed by atoms with Crippen LogP contribution in [0.25, 0.3) is 0 Å². The number of esters is 1. The second-order valence-corrected chi connectivity index (χ2v) is 10.3. The van der Waals surface area contributed by atoms with Crippen molar-refractivity contribution < 1.29 is 18.3 Å². The van der Waals surface area contributed by atoms with Gasteiger partial charge in [-0.25, -0.2) is 13.8 Å². The number of carbonyl (C=O) groups excluding carboxylic acids is 1. The summed E-state index contributed by atoms with van der Waals surface area (Å²) in [6.07, 6.45) is 0.914. The molecule has 4 nitrogen and oxygen atoms in total. The molecule has 174 valence electrons. The van der Waals surface area contributed by atoms with Crippen LogP contribution in [-0.4, -0.2) is 34.0 Å². The Morgan fingerprint density at radius 2 is 1.97 bits per heavy atom. The van der Waals surface area contributed by atoms with Crippen molar-refractivity contribution in [2.75, 3.05) is 6.54 Å². The van der Waals surface area contributed by atoms with Gasteiger partial charge in [-0.05, 0) is 65.3 Å². The molecule has 0 spiro atoms. The van der Waals surface area contributed by atoms with Gasteiger partial charge in [-0.15, -0.1) is 0 Å². The van der Waals surface area contributed by atoms with E-state index in [2.05, 4.69) is 9.88 Å². The Labute approximate surface area is 197 Å². The summed E-state index contributed by atoms with van der Waals surface area (Å²) in [6, 6.07) is 7.49. The summed E-state index contributed by atoms with van der Waals surface area (Å²) in [4.78, 5) is 19.6. The van der Waals surface area contributed by atoms with Crippen molar-refractivity contribution in [3.05, 3.63) is 63.4 Å². The largest absolute Gasteiger partial charge is 0.460 e. The van der Waals surface area contributed by atoms with E-state index in [1.165, 1.54) is 18.2 Å². The third-order valence-corrected chi connectivity index (χ3v) is 6.32. The van der Waals surface area contributed by atoms with Gasteiger partial charge in [0.1, 0.15) is 22.4 Å². The van der Waals surface area contributed by atoms with Crippen LogP contribution in [0.15, 0.2) is 30.3 Å². The van der Waals surface area contributed by atoms with Gasteiger partial charge in [0.2, 0.25) is 0 Å². The van der Waals surface area contributed by atoms with E-state index in [4.69, 9.17) is 27.9 Å². The zero-order valence-corrected chi connectivity index (χ0v) is 20.2. The van der Waals surface area contributed by atoms with Crippen molar-refractivity contribution in [3.63, 3.8) is 0 Å². The predicted octanol–water partition coefficient (Wildman–Crippen LogP) is 6.22. The lowest BCUT2D eigenvalue weighted by Crippen LogP contribution is -2.51. The molecule has 3 rings (SSSR count). The number of likely N-dealkylation sites (tertiary alicyclic amines) is 1. The highest BCUT2D eigenvalue weighted by Crippen LogP contribution is 2.41. The minimum atomic E-state index is -0.964. The maximum Gasteiger partial charge on any atom is 0.313 e. The highest BCUT2D eigenvalue weighted by atomic mass is 35.5. The molecule has 1 aliphatic rings. The molecule has 1 saturated heterocycles. The zero-order valence-electron chi connectivity index (χ0n) is 18.7. The molecule has 0 amide bonds. The molecule has 2 atom stereocenters. The maximum atomic E-state index is 14.5. The SMILES string of the molecule is C[C@@H]1CC(Cc2nc(Cl)ccc2F)(C(=O)OC(C)(C)C)CCN1Cc1cccc(Cl)c1F. The minimum Gasteiger partial charge on any atom is -0.460 e. The number of benzene rings is 1. The lowest BCUT2D eigenvalue weighted by molar-refractivity contribution is -0.172. The fourth-order valence-electron chi connectivity index (χ4n) is 4.21. The van der Waals surface area contributed by atoms with Crippen LogP contribution in [0, 0.1) is 17.0 Å². The first-order valence-electron chi connectivity index (χ1n) is 10.6. The normalized spacial score (nSPS) is 22.1. The van der Waals surface area contributed by atoms with Gasteiger partial charge in [-0.3, -0.25) is 9.69 Å². The van der Waals surface area contributed by atoms with Crippen LogP contribution >= 0.6 is 23.2 Å². The summed E-state index contributed by atoms with van der Waals surface area (Å²) in [6.45, 7) is 8.25. The Bertz CT molecular complexity index is 996. The van der Waals surface area contributed by atoms with E-state index >= 15 is 0 Å². The van der Waals surface area contributed by atoms with Gasteiger partial charge >= 0.3 is 5.97 Å². The maximum absolute atomic E-state index is 14.5. The molecule has 0 N–H and O–H groups in total. The number of pyridine rings is 1. The Hall–Kier alpha value is -1.76. The highest BCUT2D eigenvalue weighted by Gasteiger charge is 2.47. The van der Waals surface area contributed by atoms with Gasteiger partial charge in [0.15, 0.2) is 0 Å². The monoisotopic (exact) mass is 484 g/mol. The van der Waals surface area contributed by atoms with Crippen molar-refractivity contribution in [3.8, 4) is 0 Å². The molecule has 8 heteroatoms. The Kier molecular flexibility index (Phi) is 7.48. The van der Waals surface area contributed by atoms with Gasteiger partial charge in [-0.2, -0.15) is 0 Å². The minimum absolute atomic E-state index is 0.0813. The molecule has 1 aliphatic heterocycles. The lowest BCUT2D eigenvalue weighted by atomic mass is 9.72. The fraction of sp³-hybridized carbons (Fsp3) is 0.500. The van der Waals surface area contributed by atoms with Crippen LogP contribution < -0.4 is 0 Å². The summed E-state index contributed by atoms with van der Waals surface area (Å²) >= 11 is 11.9. The number of piperidine rings is 1. The Balaban J connectivity index is 1.87. The summed E-state index contributed by atoms with van der Waals surface area (Å²) in [5, 5.41) is 0.250. The third-order valence-electron chi connectivity index (χ3n) is 5.81. The van der Waals surface area contributed by atoms with Crippen LogP contribution in [0.5, 0.6) is 0 Å². The molecule has 2 heterocycles. The first kappa shape index (κ1) is 24.9. The second kappa shape index (κ2) is 9.62. The molecule has 2 aromatic rings. The highest BCUT2D eigenvalue weighted by molar-refractivity contribution is 6.30.